The smallest absolute Gasteiger partial charge is 0.307 e. The van der Waals surface area contributed by atoms with E-state index in [0.29, 0.717) is 27.8 Å². The molecule has 0 aliphatic carbocycles. The van der Waals surface area contributed by atoms with Crippen LogP contribution < -0.4 is 4.74 Å². The lowest BCUT2D eigenvalue weighted by Crippen LogP contribution is -2.10. The number of aromatic hydroxyl groups is 1. The molecule has 0 amide bonds. The van der Waals surface area contributed by atoms with E-state index < -0.39 is 5.97 Å². The zero-order valence-corrected chi connectivity index (χ0v) is 12.9. The molecule has 0 aliphatic rings. The Morgan fingerprint density at radius 1 is 1.12 bits per heavy atom. The maximum atomic E-state index is 12.7. The van der Waals surface area contributed by atoms with Gasteiger partial charge in [-0.15, -0.1) is 0 Å². The molecule has 6 heteroatoms. The van der Waals surface area contributed by atoms with E-state index in [0.717, 1.165) is 0 Å². The number of fused-ring (bicyclic) bond motifs is 1. The molecule has 3 rings (SSSR count). The van der Waals surface area contributed by atoms with Crippen molar-refractivity contribution in [2.24, 2.45) is 0 Å². The number of hydrogen-bond donors (Lipinski definition) is 2. The molecule has 3 aromatic rings. The van der Waals surface area contributed by atoms with Gasteiger partial charge in [0.15, 0.2) is 0 Å². The Bertz CT molecular complexity index is 924. The molecule has 0 fully saturated rings. The largest absolute Gasteiger partial charge is 0.508 e. The van der Waals surface area contributed by atoms with Crippen LogP contribution in [0.3, 0.4) is 0 Å². The number of ether oxygens (including phenoxy) is 1. The summed E-state index contributed by atoms with van der Waals surface area (Å²) in [5.74, 6) is -0.625. The fourth-order valence-electron chi connectivity index (χ4n) is 2.62. The number of methoxy groups -OCH3 is 1. The lowest BCUT2D eigenvalue weighted by Gasteiger charge is -2.05. The molecule has 122 valence electrons. The minimum Gasteiger partial charge on any atom is -0.508 e. The minimum atomic E-state index is -0.978. The van der Waals surface area contributed by atoms with Crippen molar-refractivity contribution in [2.45, 2.75) is 6.42 Å². The van der Waals surface area contributed by atoms with Crippen LogP contribution in [0.4, 0.5) is 0 Å². The average molecular weight is 325 g/mol. The molecule has 0 bridgehead atoms. The Kier molecular flexibility index (Phi) is 3.95. The first-order valence-electron chi connectivity index (χ1n) is 7.23. The molecule has 0 aliphatic heterocycles. The third kappa shape index (κ3) is 2.81. The Balaban J connectivity index is 2.15. The van der Waals surface area contributed by atoms with Crippen molar-refractivity contribution < 1.29 is 24.5 Å². The number of phenolic OH excluding ortho intramolecular Hbond substituents is 1. The molecular formula is C18H15NO5. The monoisotopic (exact) mass is 325 g/mol. The zero-order valence-electron chi connectivity index (χ0n) is 12.9. The fourth-order valence-corrected chi connectivity index (χ4v) is 2.62. The number of carboxylic acids is 1. The van der Waals surface area contributed by atoms with E-state index in [-0.39, 0.29) is 18.1 Å². The predicted octanol–water partition coefficient (Wildman–Crippen LogP) is 2.67. The van der Waals surface area contributed by atoms with E-state index in [4.69, 9.17) is 9.84 Å². The van der Waals surface area contributed by atoms with Crippen LogP contribution >= 0.6 is 0 Å². The molecule has 0 atom stereocenters. The van der Waals surface area contributed by atoms with Crippen LogP contribution in [0.25, 0.3) is 10.9 Å². The van der Waals surface area contributed by atoms with Gasteiger partial charge in [-0.1, -0.05) is 0 Å². The summed E-state index contributed by atoms with van der Waals surface area (Å²) >= 11 is 0. The second-order valence-corrected chi connectivity index (χ2v) is 5.33. The third-order valence-corrected chi connectivity index (χ3v) is 3.77. The summed E-state index contributed by atoms with van der Waals surface area (Å²) in [5, 5.41) is 19.1. The van der Waals surface area contributed by atoms with Gasteiger partial charge in [-0.3, -0.25) is 14.2 Å². The van der Waals surface area contributed by atoms with E-state index in [1.165, 1.54) is 42.1 Å². The van der Waals surface area contributed by atoms with Gasteiger partial charge in [-0.05, 0) is 48.0 Å². The summed E-state index contributed by atoms with van der Waals surface area (Å²) in [7, 11) is 1.52. The summed E-state index contributed by atoms with van der Waals surface area (Å²) in [5.41, 5.74) is 1.52. The van der Waals surface area contributed by atoms with E-state index in [9.17, 15) is 14.7 Å². The average Bonchev–Trinajstić information content (AvgIpc) is 2.92. The summed E-state index contributed by atoms with van der Waals surface area (Å²) in [6.07, 6.45) is 1.34. The number of aliphatic carboxylic acids is 1. The van der Waals surface area contributed by atoms with Crippen LogP contribution in [0.1, 0.15) is 15.9 Å². The number of carboxylic acid groups (broad SMARTS) is 1. The van der Waals surface area contributed by atoms with Crippen molar-refractivity contribution >= 4 is 22.8 Å². The highest BCUT2D eigenvalue weighted by atomic mass is 16.5. The molecule has 1 aromatic heterocycles. The number of nitrogens with zero attached hydrogens (tertiary/aromatic N) is 1. The Hall–Kier alpha value is -3.28. The Morgan fingerprint density at radius 2 is 1.83 bits per heavy atom. The first kappa shape index (κ1) is 15.6. The molecular weight excluding hydrogens is 310 g/mol. The van der Waals surface area contributed by atoms with Crippen molar-refractivity contribution in [1.29, 1.82) is 0 Å². The number of hydrogen-bond acceptors (Lipinski definition) is 4. The predicted molar refractivity (Wildman–Crippen MR) is 87.7 cm³/mol. The van der Waals surface area contributed by atoms with Crippen molar-refractivity contribution in [3.8, 4) is 11.5 Å². The van der Waals surface area contributed by atoms with Gasteiger partial charge in [-0.2, -0.15) is 0 Å². The van der Waals surface area contributed by atoms with E-state index in [2.05, 4.69) is 0 Å². The lowest BCUT2D eigenvalue weighted by molar-refractivity contribution is -0.136. The van der Waals surface area contributed by atoms with Gasteiger partial charge in [0.2, 0.25) is 0 Å². The number of aromatic nitrogens is 1. The molecule has 0 saturated heterocycles. The van der Waals surface area contributed by atoms with Crippen LogP contribution in [0.2, 0.25) is 0 Å². The number of carbonyl (C=O) groups is 2. The second-order valence-electron chi connectivity index (χ2n) is 5.33. The van der Waals surface area contributed by atoms with Gasteiger partial charge in [0, 0.05) is 17.1 Å². The molecule has 1 heterocycles. The van der Waals surface area contributed by atoms with Crippen molar-refractivity contribution in [3.63, 3.8) is 0 Å². The van der Waals surface area contributed by atoms with E-state index in [1.807, 2.05) is 0 Å². The normalized spacial score (nSPS) is 10.7. The van der Waals surface area contributed by atoms with Crippen molar-refractivity contribution in [2.75, 3.05) is 7.11 Å². The number of phenols is 1. The van der Waals surface area contributed by atoms with Gasteiger partial charge in [0.1, 0.15) is 11.5 Å². The van der Waals surface area contributed by atoms with E-state index >= 15 is 0 Å². The highest BCUT2D eigenvalue weighted by Gasteiger charge is 2.17. The summed E-state index contributed by atoms with van der Waals surface area (Å²) in [6.45, 7) is 0. The van der Waals surface area contributed by atoms with Gasteiger partial charge >= 0.3 is 5.97 Å². The number of benzene rings is 2. The number of rotatable bonds is 4. The second kappa shape index (κ2) is 6.08. The van der Waals surface area contributed by atoms with Crippen LogP contribution in [-0.2, 0) is 11.2 Å². The molecule has 0 spiro atoms. The molecule has 6 nitrogen and oxygen atoms in total. The van der Waals surface area contributed by atoms with Gasteiger partial charge in [0.25, 0.3) is 5.91 Å². The third-order valence-electron chi connectivity index (χ3n) is 3.77. The first-order chi connectivity index (χ1) is 11.5. The minimum absolute atomic E-state index is 0.0696. The molecule has 0 radical (unpaired) electrons. The van der Waals surface area contributed by atoms with Gasteiger partial charge in [-0.25, -0.2) is 0 Å². The fraction of sp³-hybridized carbons (Fsp3) is 0.111. The lowest BCUT2D eigenvalue weighted by atomic mass is 10.1. The van der Waals surface area contributed by atoms with Crippen molar-refractivity contribution in [1.82, 2.24) is 4.57 Å². The maximum absolute atomic E-state index is 12.7. The van der Waals surface area contributed by atoms with Crippen LogP contribution in [-0.4, -0.2) is 33.8 Å². The highest BCUT2D eigenvalue weighted by Crippen LogP contribution is 2.27. The SMILES string of the molecule is COc1ccc2c(c1)c(CC(=O)O)cn2C(=O)c1ccc(O)cc1. The van der Waals surface area contributed by atoms with Gasteiger partial charge < -0.3 is 14.9 Å². The molecule has 2 aromatic carbocycles. The van der Waals surface area contributed by atoms with Crippen LogP contribution in [0.15, 0.2) is 48.7 Å². The molecule has 0 unspecified atom stereocenters. The maximum Gasteiger partial charge on any atom is 0.307 e. The van der Waals surface area contributed by atoms with Crippen LogP contribution in [0, 0.1) is 0 Å². The molecule has 24 heavy (non-hydrogen) atoms. The first-order valence-corrected chi connectivity index (χ1v) is 7.23. The quantitative estimate of drug-likeness (QED) is 0.770. The standard InChI is InChI=1S/C18H15NO5/c1-24-14-6-7-16-15(9-14)12(8-17(21)22)10-19(16)18(23)11-2-4-13(20)5-3-11/h2-7,9-10,20H,8H2,1H3,(H,21,22). The summed E-state index contributed by atoms with van der Waals surface area (Å²) in [4.78, 5) is 23.8. The Labute approximate surface area is 137 Å². The highest BCUT2D eigenvalue weighted by molar-refractivity contribution is 6.03. The van der Waals surface area contributed by atoms with Crippen molar-refractivity contribution in [3.05, 3.63) is 59.8 Å². The Morgan fingerprint density at radius 3 is 2.46 bits per heavy atom. The van der Waals surface area contributed by atoms with E-state index in [1.54, 1.807) is 18.2 Å². The van der Waals surface area contributed by atoms with Gasteiger partial charge in [0.05, 0.1) is 19.0 Å². The molecule has 2 N–H and O–H groups in total. The van der Waals surface area contributed by atoms with Crippen LogP contribution in [0.5, 0.6) is 11.5 Å². The topological polar surface area (TPSA) is 88.8 Å². The zero-order chi connectivity index (χ0) is 17.3. The summed E-state index contributed by atoms with van der Waals surface area (Å²) in [6, 6.07) is 11.0. The number of carbonyl (C=O) groups excluding carboxylic acids is 1. The molecule has 0 saturated carbocycles. The summed E-state index contributed by atoms with van der Waals surface area (Å²) < 4.78 is 6.60.